The molecule has 0 spiro atoms. The van der Waals surface area contributed by atoms with Crippen molar-refractivity contribution in [3.8, 4) is 0 Å². The summed E-state index contributed by atoms with van der Waals surface area (Å²) in [5, 5.41) is 21.2. The molecule has 4 N–H and O–H groups in total. The second-order valence-corrected chi connectivity index (χ2v) is 8.86. The monoisotopic (exact) mass is 456 g/mol. The third-order valence-electron chi connectivity index (χ3n) is 6.61. The number of nitrogens with one attached hydrogen (secondary N) is 3. The number of aromatic nitrogens is 1. The van der Waals surface area contributed by atoms with E-state index in [-0.39, 0.29) is 5.91 Å². The Morgan fingerprint density at radius 3 is 2.59 bits per heavy atom. The number of carbonyl (C=O) groups excluding carboxylic acids is 1. The summed E-state index contributed by atoms with van der Waals surface area (Å²) in [7, 11) is 0. The van der Waals surface area contributed by atoms with Crippen LogP contribution in [0.5, 0.6) is 0 Å². The third-order valence-corrected chi connectivity index (χ3v) is 6.61. The molecule has 4 aromatic rings. The van der Waals surface area contributed by atoms with Gasteiger partial charge in [0.2, 0.25) is 0 Å². The van der Waals surface area contributed by atoms with Gasteiger partial charge in [-0.1, -0.05) is 48.5 Å². The molecule has 0 aliphatic carbocycles. The molecule has 0 saturated carbocycles. The molecular weight excluding hydrogens is 428 g/mol. The van der Waals surface area contributed by atoms with E-state index < -0.39 is 6.09 Å². The first-order valence-electron chi connectivity index (χ1n) is 11.7. The summed E-state index contributed by atoms with van der Waals surface area (Å²) < 4.78 is 1.99. The van der Waals surface area contributed by atoms with Crippen LogP contribution >= 0.6 is 0 Å². The van der Waals surface area contributed by atoms with Gasteiger partial charge in [0.25, 0.3) is 5.91 Å². The minimum atomic E-state index is -1.12. The van der Waals surface area contributed by atoms with Crippen molar-refractivity contribution in [1.82, 2.24) is 15.2 Å². The van der Waals surface area contributed by atoms with E-state index in [1.54, 1.807) is 12.1 Å². The predicted molar refractivity (Wildman–Crippen MR) is 135 cm³/mol. The van der Waals surface area contributed by atoms with Crippen LogP contribution in [0.25, 0.3) is 21.7 Å². The van der Waals surface area contributed by atoms with E-state index in [0.29, 0.717) is 30.4 Å². The molecule has 7 heteroatoms. The SMILES string of the molecule is O=C(O)Nc1ccc2cc(C(=O)NCC3CCNCC3)n(Cc3cccc4ccccc34)c2c1. The molecule has 0 atom stereocenters. The van der Waals surface area contributed by atoms with Crippen LogP contribution in [0.4, 0.5) is 10.5 Å². The van der Waals surface area contributed by atoms with Gasteiger partial charge in [0, 0.05) is 24.2 Å². The van der Waals surface area contributed by atoms with Crippen molar-refractivity contribution in [3.63, 3.8) is 0 Å². The minimum absolute atomic E-state index is 0.109. The zero-order chi connectivity index (χ0) is 23.5. The lowest BCUT2D eigenvalue weighted by atomic mass is 9.98. The highest BCUT2D eigenvalue weighted by Crippen LogP contribution is 2.27. The maximum absolute atomic E-state index is 13.3. The number of carboxylic acid groups (broad SMARTS) is 1. The third kappa shape index (κ3) is 4.61. The van der Waals surface area contributed by atoms with Gasteiger partial charge in [-0.05, 0) is 66.4 Å². The average Bonchev–Trinajstić information content (AvgIpc) is 3.21. The van der Waals surface area contributed by atoms with Crippen LogP contribution in [0.3, 0.4) is 0 Å². The van der Waals surface area contributed by atoms with Gasteiger partial charge in [-0.2, -0.15) is 0 Å². The van der Waals surface area contributed by atoms with Crippen molar-refractivity contribution in [2.24, 2.45) is 5.92 Å². The Kier molecular flexibility index (Phi) is 6.18. The molecule has 0 radical (unpaired) electrons. The Balaban J connectivity index is 1.53. The molecule has 1 aliphatic heterocycles. The molecule has 1 fully saturated rings. The van der Waals surface area contributed by atoms with E-state index in [4.69, 9.17) is 5.11 Å². The summed E-state index contributed by atoms with van der Waals surface area (Å²) in [5.41, 5.74) is 2.95. The number of fused-ring (bicyclic) bond motifs is 2. The van der Waals surface area contributed by atoms with Gasteiger partial charge in [-0.3, -0.25) is 10.1 Å². The summed E-state index contributed by atoms with van der Waals surface area (Å²) in [6.45, 7) is 3.13. The zero-order valence-electron chi connectivity index (χ0n) is 18.9. The largest absolute Gasteiger partial charge is 0.465 e. The fourth-order valence-electron chi connectivity index (χ4n) is 4.83. The highest BCUT2D eigenvalue weighted by molar-refractivity contribution is 6.00. The van der Waals surface area contributed by atoms with Crippen LogP contribution in [0.15, 0.2) is 66.7 Å². The molecule has 2 heterocycles. The lowest BCUT2D eigenvalue weighted by Gasteiger charge is -2.23. The molecule has 1 saturated heterocycles. The van der Waals surface area contributed by atoms with E-state index in [1.807, 2.05) is 34.9 Å². The van der Waals surface area contributed by atoms with Crippen LogP contribution in [0.2, 0.25) is 0 Å². The number of carbonyl (C=O) groups is 2. The van der Waals surface area contributed by atoms with Crippen LogP contribution in [0.1, 0.15) is 28.9 Å². The van der Waals surface area contributed by atoms with Gasteiger partial charge in [0.1, 0.15) is 5.69 Å². The molecule has 3 aromatic carbocycles. The molecule has 34 heavy (non-hydrogen) atoms. The van der Waals surface area contributed by atoms with E-state index in [1.165, 1.54) is 0 Å². The summed E-state index contributed by atoms with van der Waals surface area (Å²) in [5.74, 6) is 0.371. The van der Waals surface area contributed by atoms with E-state index in [2.05, 4.69) is 40.2 Å². The molecule has 1 aromatic heterocycles. The molecule has 2 amide bonds. The number of benzene rings is 3. The molecule has 0 unspecified atom stereocenters. The first kappa shape index (κ1) is 22.0. The second-order valence-electron chi connectivity index (χ2n) is 8.86. The first-order chi connectivity index (χ1) is 16.6. The maximum atomic E-state index is 13.3. The Bertz CT molecular complexity index is 1350. The van der Waals surface area contributed by atoms with Crippen molar-refractivity contribution in [2.45, 2.75) is 19.4 Å². The molecular formula is C27H28N4O3. The van der Waals surface area contributed by atoms with E-state index in [9.17, 15) is 9.59 Å². The molecule has 174 valence electrons. The fraction of sp³-hybridized carbons (Fsp3) is 0.259. The average molecular weight is 457 g/mol. The highest BCUT2D eigenvalue weighted by atomic mass is 16.4. The van der Waals surface area contributed by atoms with Gasteiger partial charge in [-0.25, -0.2) is 4.79 Å². The molecule has 1 aliphatic rings. The number of hydrogen-bond acceptors (Lipinski definition) is 3. The maximum Gasteiger partial charge on any atom is 0.409 e. The zero-order valence-corrected chi connectivity index (χ0v) is 18.9. The number of anilines is 1. The predicted octanol–water partition coefficient (Wildman–Crippen LogP) is 4.66. The van der Waals surface area contributed by atoms with Crippen LogP contribution in [-0.4, -0.2) is 41.3 Å². The van der Waals surface area contributed by atoms with Crippen molar-refractivity contribution in [3.05, 3.63) is 78.0 Å². The Morgan fingerprint density at radius 1 is 0.971 bits per heavy atom. The number of nitrogens with zero attached hydrogens (tertiary/aromatic N) is 1. The fourth-order valence-corrected chi connectivity index (χ4v) is 4.83. The quantitative estimate of drug-likeness (QED) is 0.339. The number of rotatable bonds is 6. The number of piperidine rings is 1. The van der Waals surface area contributed by atoms with Crippen LogP contribution in [-0.2, 0) is 6.54 Å². The Labute approximate surface area is 197 Å². The van der Waals surface area contributed by atoms with Crippen LogP contribution < -0.4 is 16.0 Å². The number of hydrogen-bond donors (Lipinski definition) is 4. The second kappa shape index (κ2) is 9.57. The van der Waals surface area contributed by atoms with Crippen molar-refractivity contribution in [2.75, 3.05) is 25.0 Å². The molecule has 0 bridgehead atoms. The Hall–Kier alpha value is -3.84. The lowest BCUT2D eigenvalue weighted by Crippen LogP contribution is -2.36. The summed E-state index contributed by atoms with van der Waals surface area (Å²) in [4.78, 5) is 24.5. The lowest BCUT2D eigenvalue weighted by molar-refractivity contribution is 0.0935. The van der Waals surface area contributed by atoms with Gasteiger partial charge in [0.15, 0.2) is 0 Å². The standard InChI is InChI=1S/C27H28N4O3/c32-26(29-16-18-10-12-28-13-11-18)25-14-20-8-9-22(30-27(33)34)15-24(20)31(25)17-21-6-3-5-19-4-1-2-7-23(19)21/h1-9,14-15,18,28,30H,10-13,16-17H2,(H,29,32)(H,33,34). The topological polar surface area (TPSA) is 95.4 Å². The summed E-state index contributed by atoms with van der Waals surface area (Å²) >= 11 is 0. The first-order valence-corrected chi connectivity index (χ1v) is 11.7. The van der Waals surface area contributed by atoms with Crippen molar-refractivity contribution in [1.29, 1.82) is 0 Å². The Morgan fingerprint density at radius 2 is 1.76 bits per heavy atom. The van der Waals surface area contributed by atoms with Gasteiger partial charge < -0.3 is 20.3 Å². The minimum Gasteiger partial charge on any atom is -0.465 e. The highest BCUT2D eigenvalue weighted by Gasteiger charge is 2.19. The van der Waals surface area contributed by atoms with Crippen molar-refractivity contribution < 1.29 is 14.7 Å². The van der Waals surface area contributed by atoms with E-state index in [0.717, 1.165) is 53.2 Å². The number of amides is 2. The van der Waals surface area contributed by atoms with Gasteiger partial charge in [-0.15, -0.1) is 0 Å². The van der Waals surface area contributed by atoms with Gasteiger partial charge in [0.05, 0.1) is 5.52 Å². The van der Waals surface area contributed by atoms with E-state index >= 15 is 0 Å². The normalized spacial score (nSPS) is 14.4. The summed E-state index contributed by atoms with van der Waals surface area (Å²) in [6, 6.07) is 21.6. The summed E-state index contributed by atoms with van der Waals surface area (Å²) in [6.07, 6.45) is 0.999. The molecule has 7 nitrogen and oxygen atoms in total. The van der Waals surface area contributed by atoms with Gasteiger partial charge >= 0.3 is 6.09 Å². The van der Waals surface area contributed by atoms with Crippen molar-refractivity contribution >= 4 is 39.4 Å². The van der Waals surface area contributed by atoms with Crippen LogP contribution in [0, 0.1) is 5.92 Å². The smallest absolute Gasteiger partial charge is 0.409 e. The molecule has 5 rings (SSSR count).